The third-order valence-corrected chi connectivity index (χ3v) is 7.82. The highest BCUT2D eigenvalue weighted by atomic mass is 16.8. The standard InChI is InChI=1S/C25H42N2O19/c1-7(30)27-14-20(16(35)11(4-28)42-22(14)38)44-23-18(37)21(17(36)12(5-29)43-23)46-25(24(39)40)3-9(32)13(26)19(45-25)15(34)10(33)6-41-8(2)31/h9-23,28-29,32-38H,3-6,26H2,1-2H3,(H,27,30)(H,39,40)/t9-,10+,11+,12+,13+,14+,15+,16-,17-,18+,19+,20+,21-,22?,23-,25-/m0/s1. The maximum Gasteiger partial charge on any atom is 0.364 e. The number of nitrogens with one attached hydrogen (secondary N) is 1. The van der Waals surface area contributed by atoms with Crippen molar-refractivity contribution >= 4 is 17.8 Å². The largest absolute Gasteiger partial charge is 0.477 e. The van der Waals surface area contributed by atoms with Gasteiger partial charge in [0.2, 0.25) is 5.91 Å². The summed E-state index contributed by atoms with van der Waals surface area (Å²) in [5.74, 6) is -6.48. The van der Waals surface area contributed by atoms with Gasteiger partial charge in [0.1, 0.15) is 73.7 Å². The monoisotopic (exact) mass is 674 g/mol. The summed E-state index contributed by atoms with van der Waals surface area (Å²) in [6.45, 7) is -0.477. The topological polar surface area (TPSA) is 347 Å². The summed E-state index contributed by atoms with van der Waals surface area (Å²) in [5.41, 5.74) is 5.91. The van der Waals surface area contributed by atoms with Crippen molar-refractivity contribution in [3.8, 4) is 0 Å². The molecule has 0 aromatic rings. The number of carbonyl (C=O) groups is 3. The number of nitrogens with two attached hydrogens (primary N) is 1. The molecule has 3 fully saturated rings. The summed E-state index contributed by atoms with van der Waals surface area (Å²) < 4.78 is 31.9. The van der Waals surface area contributed by atoms with E-state index in [9.17, 15) is 65.4 Å². The zero-order chi connectivity index (χ0) is 34.7. The Bertz CT molecular complexity index is 1050. The van der Waals surface area contributed by atoms with Crippen LogP contribution in [0.4, 0.5) is 0 Å². The molecular formula is C25H42N2O19. The van der Waals surface area contributed by atoms with Gasteiger partial charge in [0.15, 0.2) is 12.6 Å². The van der Waals surface area contributed by atoms with Gasteiger partial charge < -0.3 is 90.5 Å². The molecular weight excluding hydrogens is 632 g/mol. The van der Waals surface area contributed by atoms with Crippen LogP contribution in [-0.4, -0.2) is 186 Å². The average molecular weight is 675 g/mol. The summed E-state index contributed by atoms with van der Waals surface area (Å²) in [7, 11) is 0. The van der Waals surface area contributed by atoms with Crippen molar-refractivity contribution in [2.24, 2.45) is 5.73 Å². The van der Waals surface area contributed by atoms with Gasteiger partial charge in [-0.05, 0) is 0 Å². The predicted molar refractivity (Wildman–Crippen MR) is 142 cm³/mol. The number of rotatable bonds is 12. The number of amides is 1. The van der Waals surface area contributed by atoms with E-state index in [-0.39, 0.29) is 0 Å². The number of aliphatic hydroxyl groups excluding tert-OH is 9. The van der Waals surface area contributed by atoms with Gasteiger partial charge in [-0.2, -0.15) is 0 Å². The molecule has 0 radical (unpaired) electrons. The number of carbonyl (C=O) groups excluding carboxylic acids is 2. The van der Waals surface area contributed by atoms with Crippen LogP contribution in [0.25, 0.3) is 0 Å². The summed E-state index contributed by atoms with van der Waals surface area (Å²) >= 11 is 0. The minimum atomic E-state index is -2.99. The molecule has 13 N–H and O–H groups in total. The Balaban J connectivity index is 1.92. The Labute approximate surface area is 260 Å². The molecule has 3 aliphatic rings. The van der Waals surface area contributed by atoms with Gasteiger partial charge in [-0.25, -0.2) is 4.79 Å². The molecule has 21 nitrogen and oxygen atoms in total. The van der Waals surface area contributed by atoms with Gasteiger partial charge in [0.05, 0.1) is 25.4 Å². The Morgan fingerprint density at radius 2 is 1.54 bits per heavy atom. The van der Waals surface area contributed by atoms with Gasteiger partial charge in [0, 0.05) is 20.3 Å². The fraction of sp³-hybridized carbons (Fsp3) is 0.880. The maximum absolute atomic E-state index is 12.6. The zero-order valence-corrected chi connectivity index (χ0v) is 24.7. The molecule has 21 heteroatoms. The molecule has 0 spiro atoms. The third-order valence-electron chi connectivity index (χ3n) is 7.82. The van der Waals surface area contributed by atoms with E-state index in [4.69, 9.17) is 29.4 Å². The number of carboxylic acid groups (broad SMARTS) is 1. The van der Waals surface area contributed by atoms with Crippen LogP contribution >= 0.6 is 0 Å². The fourth-order valence-corrected chi connectivity index (χ4v) is 5.37. The second kappa shape index (κ2) is 15.8. The first-order valence-electron chi connectivity index (χ1n) is 14.2. The number of aliphatic hydroxyl groups is 9. The van der Waals surface area contributed by atoms with Crippen LogP contribution < -0.4 is 11.1 Å². The van der Waals surface area contributed by atoms with Gasteiger partial charge in [-0.3, -0.25) is 9.59 Å². The smallest absolute Gasteiger partial charge is 0.364 e. The minimum absolute atomic E-state index is 0.713. The minimum Gasteiger partial charge on any atom is -0.477 e. The molecule has 0 aromatic heterocycles. The van der Waals surface area contributed by atoms with E-state index in [1.165, 1.54) is 0 Å². The van der Waals surface area contributed by atoms with Gasteiger partial charge in [-0.1, -0.05) is 0 Å². The van der Waals surface area contributed by atoms with Crippen molar-refractivity contribution in [2.75, 3.05) is 19.8 Å². The lowest BCUT2D eigenvalue weighted by atomic mass is 9.88. The second-order valence-electron chi connectivity index (χ2n) is 11.2. The summed E-state index contributed by atoms with van der Waals surface area (Å²) in [4.78, 5) is 35.5. The van der Waals surface area contributed by atoms with Gasteiger partial charge in [-0.15, -0.1) is 0 Å². The Kier molecular flexibility index (Phi) is 13.1. The lowest BCUT2D eigenvalue weighted by Gasteiger charge is -2.50. The first kappa shape index (κ1) is 38.3. The van der Waals surface area contributed by atoms with E-state index < -0.39 is 142 Å². The summed E-state index contributed by atoms with van der Waals surface area (Å²) in [6, 6.07) is -3.05. The highest BCUT2D eigenvalue weighted by molar-refractivity contribution is 5.76. The predicted octanol–water partition coefficient (Wildman–Crippen LogP) is -7.69. The lowest BCUT2D eigenvalue weighted by Crippen LogP contribution is -2.70. The summed E-state index contributed by atoms with van der Waals surface area (Å²) in [5, 5.41) is 107. The van der Waals surface area contributed by atoms with Crippen LogP contribution in [0.5, 0.6) is 0 Å². The highest BCUT2D eigenvalue weighted by Crippen LogP contribution is 2.37. The molecule has 0 bridgehead atoms. The number of esters is 1. The van der Waals surface area contributed by atoms with Crippen LogP contribution in [0, 0.1) is 0 Å². The van der Waals surface area contributed by atoms with E-state index >= 15 is 0 Å². The number of hydrogen-bond donors (Lipinski definition) is 12. The molecule has 0 saturated carbocycles. The molecule has 0 aliphatic carbocycles. The number of carboxylic acids is 1. The molecule has 266 valence electrons. The van der Waals surface area contributed by atoms with Gasteiger partial charge >= 0.3 is 11.9 Å². The van der Waals surface area contributed by atoms with E-state index in [0.29, 0.717) is 0 Å². The van der Waals surface area contributed by atoms with Gasteiger partial charge in [0.25, 0.3) is 5.79 Å². The quantitative estimate of drug-likeness (QED) is 0.0855. The Morgan fingerprint density at radius 3 is 2.09 bits per heavy atom. The molecule has 46 heavy (non-hydrogen) atoms. The SMILES string of the molecule is CC(=O)N[C@H]1C(O)O[C@H](CO)[C@H](O)[C@@H]1O[C@@H]1O[C@H](CO)[C@H](O)[C@H](O[C@]2(C(=O)O)C[C@H](O)[C@@H](N)[C@H]([C@H](O)[C@H](O)COC(C)=O)O2)[C@H]1O. The van der Waals surface area contributed by atoms with Crippen molar-refractivity contribution < 1.29 is 93.9 Å². The lowest BCUT2D eigenvalue weighted by molar-refractivity contribution is -0.380. The van der Waals surface area contributed by atoms with Crippen molar-refractivity contribution in [2.45, 2.75) is 118 Å². The highest BCUT2D eigenvalue weighted by Gasteiger charge is 2.59. The fourth-order valence-electron chi connectivity index (χ4n) is 5.37. The first-order valence-corrected chi connectivity index (χ1v) is 14.2. The van der Waals surface area contributed by atoms with E-state index in [0.717, 1.165) is 13.8 Å². The molecule has 3 aliphatic heterocycles. The van der Waals surface area contributed by atoms with Crippen molar-refractivity contribution in [1.29, 1.82) is 0 Å². The Morgan fingerprint density at radius 1 is 0.957 bits per heavy atom. The normalized spacial score (nSPS) is 42.9. The summed E-state index contributed by atoms with van der Waals surface area (Å²) in [6.07, 6.45) is -25.3. The first-order chi connectivity index (χ1) is 21.5. The average Bonchev–Trinajstić information content (AvgIpc) is 2.99. The molecule has 3 rings (SSSR count). The van der Waals surface area contributed by atoms with Crippen LogP contribution in [0.1, 0.15) is 20.3 Å². The zero-order valence-electron chi connectivity index (χ0n) is 24.7. The van der Waals surface area contributed by atoms with Crippen molar-refractivity contribution in [3.63, 3.8) is 0 Å². The molecule has 16 atom stereocenters. The molecule has 0 aromatic carbocycles. The maximum atomic E-state index is 12.6. The van der Waals surface area contributed by atoms with Crippen LogP contribution in [-0.2, 0) is 42.8 Å². The van der Waals surface area contributed by atoms with Crippen molar-refractivity contribution in [3.05, 3.63) is 0 Å². The second-order valence-corrected chi connectivity index (χ2v) is 11.2. The molecule has 1 unspecified atom stereocenters. The van der Waals surface area contributed by atoms with E-state index in [2.05, 4.69) is 10.1 Å². The molecule has 1 amide bonds. The molecule has 3 heterocycles. The number of aliphatic carboxylic acids is 1. The van der Waals surface area contributed by atoms with Crippen LogP contribution in [0.3, 0.4) is 0 Å². The molecule has 3 saturated heterocycles. The van der Waals surface area contributed by atoms with Crippen LogP contribution in [0.15, 0.2) is 0 Å². The number of hydrogen-bond acceptors (Lipinski definition) is 19. The van der Waals surface area contributed by atoms with E-state index in [1.54, 1.807) is 0 Å². The third kappa shape index (κ3) is 8.26. The van der Waals surface area contributed by atoms with Crippen molar-refractivity contribution in [1.82, 2.24) is 5.32 Å². The Hall–Kier alpha value is -2.19. The van der Waals surface area contributed by atoms with E-state index in [1.807, 2.05) is 0 Å². The number of ether oxygens (including phenoxy) is 6. The van der Waals surface area contributed by atoms with Crippen LogP contribution in [0.2, 0.25) is 0 Å².